The highest BCUT2D eigenvalue weighted by molar-refractivity contribution is 6.31. The smallest absolute Gasteiger partial charge is 0.231 e. The summed E-state index contributed by atoms with van der Waals surface area (Å²) in [6.07, 6.45) is 2.92. The molecular formula is C21H20ClNO. The molecule has 1 amide bonds. The van der Waals surface area contributed by atoms with E-state index in [-0.39, 0.29) is 5.91 Å². The van der Waals surface area contributed by atoms with Gasteiger partial charge in [0.15, 0.2) is 0 Å². The molecule has 2 nitrogen and oxygen atoms in total. The van der Waals surface area contributed by atoms with Gasteiger partial charge >= 0.3 is 0 Å². The number of amides is 1. The molecule has 2 aliphatic rings. The fraction of sp³-hybridized carbons (Fsp3) is 0.286. The van der Waals surface area contributed by atoms with E-state index < -0.39 is 0 Å². The summed E-state index contributed by atoms with van der Waals surface area (Å²) in [6, 6.07) is 16.2. The number of nitrogens with zero attached hydrogens (tertiary/aromatic N) is 1. The maximum absolute atomic E-state index is 12.9. The van der Waals surface area contributed by atoms with E-state index in [0.29, 0.717) is 17.4 Å². The molecule has 0 radical (unpaired) electrons. The molecule has 0 spiro atoms. The minimum absolute atomic E-state index is 0.189. The number of hydrogen-bond donors (Lipinski definition) is 0. The quantitative estimate of drug-likeness (QED) is 0.743. The number of halogens is 1. The van der Waals surface area contributed by atoms with Crippen molar-refractivity contribution in [3.8, 4) is 0 Å². The zero-order chi connectivity index (χ0) is 16.7. The standard InChI is InChI=1S/C21H20ClNO/c1-14-11-20(24)23(13-15-7-8-15)19-10-9-17(22)12-18(19)21(14)16-5-3-2-4-6-16/h2-6,9-10,12,15H,7-8,11,13H2,1H3. The summed E-state index contributed by atoms with van der Waals surface area (Å²) in [5, 5.41) is 0.704. The molecule has 1 fully saturated rings. The average Bonchev–Trinajstić information content (AvgIpc) is 3.39. The molecule has 24 heavy (non-hydrogen) atoms. The number of carbonyl (C=O) groups is 1. The summed E-state index contributed by atoms with van der Waals surface area (Å²) in [4.78, 5) is 14.8. The van der Waals surface area contributed by atoms with Crippen molar-refractivity contribution in [2.45, 2.75) is 26.2 Å². The number of carbonyl (C=O) groups excluding carboxylic acids is 1. The van der Waals surface area contributed by atoms with Crippen LogP contribution in [0.25, 0.3) is 5.57 Å². The van der Waals surface area contributed by atoms with Gasteiger partial charge in [0, 0.05) is 23.6 Å². The van der Waals surface area contributed by atoms with Crippen LogP contribution in [-0.2, 0) is 4.79 Å². The molecule has 4 rings (SSSR count). The van der Waals surface area contributed by atoms with Crippen LogP contribution in [0.1, 0.15) is 37.3 Å². The first-order chi connectivity index (χ1) is 11.6. The lowest BCUT2D eigenvalue weighted by Gasteiger charge is -2.24. The second-order valence-electron chi connectivity index (χ2n) is 6.81. The third-order valence-corrected chi connectivity index (χ3v) is 5.10. The van der Waals surface area contributed by atoms with E-state index in [0.717, 1.165) is 34.5 Å². The fourth-order valence-electron chi connectivity index (χ4n) is 3.48. The zero-order valence-electron chi connectivity index (χ0n) is 13.8. The summed E-state index contributed by atoms with van der Waals surface area (Å²) < 4.78 is 0. The molecule has 2 aromatic rings. The van der Waals surface area contributed by atoms with Gasteiger partial charge in [-0.1, -0.05) is 47.5 Å². The molecule has 0 bridgehead atoms. The maximum atomic E-state index is 12.9. The molecule has 0 unspecified atom stereocenters. The summed E-state index contributed by atoms with van der Waals surface area (Å²) in [5.41, 5.74) is 5.44. The summed E-state index contributed by atoms with van der Waals surface area (Å²) in [5.74, 6) is 0.838. The lowest BCUT2D eigenvalue weighted by atomic mass is 9.92. The van der Waals surface area contributed by atoms with Gasteiger partial charge in [-0.2, -0.15) is 0 Å². The van der Waals surface area contributed by atoms with Gasteiger partial charge in [-0.25, -0.2) is 0 Å². The van der Waals surface area contributed by atoms with Gasteiger partial charge in [-0.3, -0.25) is 4.79 Å². The summed E-state index contributed by atoms with van der Waals surface area (Å²) >= 11 is 6.31. The Labute approximate surface area is 147 Å². The van der Waals surface area contributed by atoms with Crippen LogP contribution in [0.2, 0.25) is 5.02 Å². The van der Waals surface area contributed by atoms with Crippen molar-refractivity contribution >= 4 is 28.8 Å². The van der Waals surface area contributed by atoms with Crippen LogP contribution in [0.4, 0.5) is 5.69 Å². The van der Waals surface area contributed by atoms with Crippen molar-refractivity contribution in [3.05, 3.63) is 70.3 Å². The molecule has 1 aliphatic carbocycles. The van der Waals surface area contributed by atoms with Gasteiger partial charge in [-0.05, 0) is 55.0 Å². The Kier molecular flexibility index (Phi) is 3.93. The lowest BCUT2D eigenvalue weighted by molar-refractivity contribution is -0.118. The van der Waals surface area contributed by atoms with Crippen LogP contribution >= 0.6 is 11.6 Å². The predicted octanol–water partition coefficient (Wildman–Crippen LogP) is 5.31. The first-order valence-electron chi connectivity index (χ1n) is 8.49. The minimum Gasteiger partial charge on any atom is -0.311 e. The third kappa shape index (κ3) is 2.87. The van der Waals surface area contributed by atoms with Gasteiger partial charge in [0.05, 0.1) is 5.69 Å². The molecule has 1 saturated carbocycles. The van der Waals surface area contributed by atoms with Crippen molar-refractivity contribution in [1.82, 2.24) is 0 Å². The molecule has 122 valence electrons. The van der Waals surface area contributed by atoms with E-state index in [9.17, 15) is 4.79 Å². The predicted molar refractivity (Wildman–Crippen MR) is 99.3 cm³/mol. The first-order valence-corrected chi connectivity index (χ1v) is 8.87. The number of benzene rings is 2. The molecule has 2 aromatic carbocycles. The van der Waals surface area contributed by atoms with Crippen LogP contribution in [0.3, 0.4) is 0 Å². The van der Waals surface area contributed by atoms with Gasteiger partial charge in [0.1, 0.15) is 0 Å². The number of rotatable bonds is 3. The summed E-state index contributed by atoms with van der Waals surface area (Å²) in [6.45, 7) is 2.88. The average molecular weight is 338 g/mol. The zero-order valence-corrected chi connectivity index (χ0v) is 14.5. The second-order valence-corrected chi connectivity index (χ2v) is 7.24. The maximum Gasteiger partial charge on any atom is 0.231 e. The summed E-state index contributed by atoms with van der Waals surface area (Å²) in [7, 11) is 0. The Morgan fingerprint density at radius 1 is 1.12 bits per heavy atom. The number of anilines is 1. The Morgan fingerprint density at radius 3 is 2.58 bits per heavy atom. The van der Waals surface area contributed by atoms with Crippen molar-refractivity contribution in [1.29, 1.82) is 0 Å². The molecule has 3 heteroatoms. The third-order valence-electron chi connectivity index (χ3n) is 4.86. The van der Waals surface area contributed by atoms with Gasteiger partial charge < -0.3 is 4.90 Å². The highest BCUT2D eigenvalue weighted by Crippen LogP contribution is 2.41. The van der Waals surface area contributed by atoms with Gasteiger partial charge in [-0.15, -0.1) is 0 Å². The van der Waals surface area contributed by atoms with Gasteiger partial charge in [0.25, 0.3) is 0 Å². The molecule has 0 N–H and O–H groups in total. The largest absolute Gasteiger partial charge is 0.311 e. The van der Waals surface area contributed by atoms with Crippen LogP contribution < -0.4 is 4.90 Å². The highest BCUT2D eigenvalue weighted by atomic mass is 35.5. The lowest BCUT2D eigenvalue weighted by Crippen LogP contribution is -2.32. The number of fused-ring (bicyclic) bond motifs is 1. The minimum atomic E-state index is 0.189. The van der Waals surface area contributed by atoms with Crippen molar-refractivity contribution in [2.24, 2.45) is 5.92 Å². The van der Waals surface area contributed by atoms with Crippen LogP contribution in [0.5, 0.6) is 0 Å². The van der Waals surface area contributed by atoms with Crippen LogP contribution in [-0.4, -0.2) is 12.5 Å². The van der Waals surface area contributed by atoms with E-state index in [4.69, 9.17) is 11.6 Å². The Hall–Kier alpha value is -2.06. The van der Waals surface area contributed by atoms with Crippen LogP contribution in [0, 0.1) is 5.92 Å². The Morgan fingerprint density at radius 2 is 1.88 bits per heavy atom. The highest BCUT2D eigenvalue weighted by Gasteiger charge is 2.31. The number of hydrogen-bond acceptors (Lipinski definition) is 1. The van der Waals surface area contributed by atoms with Gasteiger partial charge in [0.2, 0.25) is 5.91 Å². The molecule has 1 aliphatic heterocycles. The molecule has 0 atom stereocenters. The Balaban J connectivity index is 1.90. The van der Waals surface area contributed by atoms with E-state index in [1.807, 2.05) is 41.3 Å². The molecule has 0 saturated heterocycles. The normalized spacial score (nSPS) is 17.8. The second kappa shape index (κ2) is 6.10. The van der Waals surface area contributed by atoms with Crippen LogP contribution in [0.15, 0.2) is 54.1 Å². The monoisotopic (exact) mass is 337 g/mol. The van der Waals surface area contributed by atoms with Crippen molar-refractivity contribution in [3.63, 3.8) is 0 Å². The van der Waals surface area contributed by atoms with E-state index in [2.05, 4.69) is 19.1 Å². The van der Waals surface area contributed by atoms with Crippen molar-refractivity contribution < 1.29 is 4.79 Å². The van der Waals surface area contributed by atoms with Crippen molar-refractivity contribution in [2.75, 3.05) is 11.4 Å². The Bertz CT molecular complexity index is 821. The van der Waals surface area contributed by atoms with E-state index in [1.54, 1.807) is 0 Å². The molecule has 0 aromatic heterocycles. The van der Waals surface area contributed by atoms with E-state index in [1.165, 1.54) is 12.8 Å². The first kappa shape index (κ1) is 15.5. The van der Waals surface area contributed by atoms with E-state index >= 15 is 0 Å². The molecule has 1 heterocycles. The topological polar surface area (TPSA) is 20.3 Å². The molecular weight excluding hydrogens is 318 g/mol. The SMILES string of the molecule is CC1=C(c2ccccc2)c2cc(Cl)ccc2N(CC2CC2)C(=O)C1. The fourth-order valence-corrected chi connectivity index (χ4v) is 3.66.